The fourth-order valence-corrected chi connectivity index (χ4v) is 3.74. The van der Waals surface area contributed by atoms with Crippen molar-refractivity contribution in [2.75, 3.05) is 7.11 Å². The number of fused-ring (bicyclic) bond motifs is 3. The predicted molar refractivity (Wildman–Crippen MR) is 67.4 cm³/mol. The molecule has 0 saturated heterocycles. The Morgan fingerprint density at radius 3 is 2.94 bits per heavy atom. The topological polar surface area (TPSA) is 29.5 Å². The van der Waals surface area contributed by atoms with Gasteiger partial charge in [0.2, 0.25) is 0 Å². The normalized spacial score (nSPS) is 35.2. The molecular weight excluding hydrogens is 212 g/mol. The Morgan fingerprint density at radius 2 is 2.18 bits per heavy atom. The van der Waals surface area contributed by atoms with Gasteiger partial charge in [-0.2, -0.15) is 0 Å². The highest BCUT2D eigenvalue weighted by molar-refractivity contribution is 5.41. The SMILES string of the molecule is COc1ccc2c(c1)CC[C@@]1(C)[C@H](O)CC[C@H]21. The summed E-state index contributed by atoms with van der Waals surface area (Å²) >= 11 is 0. The van der Waals surface area contributed by atoms with Crippen LogP contribution in [0.4, 0.5) is 0 Å². The highest BCUT2D eigenvalue weighted by atomic mass is 16.5. The van der Waals surface area contributed by atoms with E-state index in [1.165, 1.54) is 11.1 Å². The smallest absolute Gasteiger partial charge is 0.119 e. The van der Waals surface area contributed by atoms with Gasteiger partial charge in [0.15, 0.2) is 0 Å². The van der Waals surface area contributed by atoms with Gasteiger partial charge >= 0.3 is 0 Å². The summed E-state index contributed by atoms with van der Waals surface area (Å²) in [7, 11) is 1.72. The molecule has 1 aromatic rings. The number of rotatable bonds is 1. The first-order valence-corrected chi connectivity index (χ1v) is 6.50. The van der Waals surface area contributed by atoms with E-state index in [2.05, 4.69) is 25.1 Å². The van der Waals surface area contributed by atoms with Crippen molar-refractivity contribution in [3.8, 4) is 5.75 Å². The molecule has 3 rings (SSSR count). The maximum atomic E-state index is 10.2. The Bertz CT molecular complexity index is 441. The average Bonchev–Trinajstić information content (AvgIpc) is 2.65. The van der Waals surface area contributed by atoms with Crippen LogP contribution >= 0.6 is 0 Å². The molecule has 0 aliphatic heterocycles. The maximum absolute atomic E-state index is 10.2. The van der Waals surface area contributed by atoms with Crippen LogP contribution in [-0.4, -0.2) is 18.3 Å². The number of hydrogen-bond donors (Lipinski definition) is 1. The summed E-state index contributed by atoms with van der Waals surface area (Å²) in [4.78, 5) is 0. The number of methoxy groups -OCH3 is 1. The summed E-state index contributed by atoms with van der Waals surface area (Å²) in [5.74, 6) is 1.48. The third kappa shape index (κ3) is 1.50. The van der Waals surface area contributed by atoms with Crippen molar-refractivity contribution in [3.05, 3.63) is 29.3 Å². The van der Waals surface area contributed by atoms with Crippen LogP contribution < -0.4 is 4.74 Å². The van der Waals surface area contributed by atoms with Crippen molar-refractivity contribution in [1.82, 2.24) is 0 Å². The molecule has 1 saturated carbocycles. The molecule has 1 fully saturated rings. The first-order valence-electron chi connectivity index (χ1n) is 6.50. The molecular formula is C15H20O2. The molecule has 2 nitrogen and oxygen atoms in total. The number of hydrogen-bond acceptors (Lipinski definition) is 2. The second kappa shape index (κ2) is 3.74. The predicted octanol–water partition coefficient (Wildman–Crippen LogP) is 2.89. The van der Waals surface area contributed by atoms with Crippen LogP contribution in [0.5, 0.6) is 5.75 Å². The molecule has 2 aliphatic rings. The van der Waals surface area contributed by atoms with Gasteiger partial charge in [0.1, 0.15) is 5.75 Å². The van der Waals surface area contributed by atoms with E-state index < -0.39 is 0 Å². The van der Waals surface area contributed by atoms with E-state index in [1.807, 2.05) is 0 Å². The first kappa shape index (κ1) is 11.1. The number of ether oxygens (including phenoxy) is 1. The number of benzene rings is 1. The Morgan fingerprint density at radius 1 is 1.35 bits per heavy atom. The van der Waals surface area contributed by atoms with Gasteiger partial charge in [-0.1, -0.05) is 13.0 Å². The highest BCUT2D eigenvalue weighted by Crippen LogP contribution is 2.55. The minimum absolute atomic E-state index is 0.0988. The molecule has 0 radical (unpaired) electrons. The zero-order valence-electron chi connectivity index (χ0n) is 10.6. The second-order valence-electron chi connectivity index (χ2n) is 5.72. The van der Waals surface area contributed by atoms with Crippen molar-refractivity contribution in [2.45, 2.75) is 44.6 Å². The average molecular weight is 232 g/mol. The van der Waals surface area contributed by atoms with E-state index in [-0.39, 0.29) is 11.5 Å². The van der Waals surface area contributed by atoms with Crippen molar-refractivity contribution in [3.63, 3.8) is 0 Å². The van der Waals surface area contributed by atoms with E-state index >= 15 is 0 Å². The van der Waals surface area contributed by atoms with Crippen LogP contribution in [0.1, 0.15) is 43.2 Å². The maximum Gasteiger partial charge on any atom is 0.119 e. The van der Waals surface area contributed by atoms with Crippen LogP contribution in [-0.2, 0) is 6.42 Å². The minimum atomic E-state index is -0.122. The lowest BCUT2D eigenvalue weighted by Crippen LogP contribution is -2.35. The van der Waals surface area contributed by atoms with E-state index in [0.29, 0.717) is 5.92 Å². The number of aliphatic hydroxyl groups is 1. The van der Waals surface area contributed by atoms with Gasteiger partial charge in [-0.25, -0.2) is 0 Å². The third-order valence-corrected chi connectivity index (χ3v) is 4.94. The molecule has 0 aromatic heterocycles. The van der Waals surface area contributed by atoms with Gasteiger partial charge in [-0.05, 0) is 54.9 Å². The molecule has 0 bridgehead atoms. The van der Waals surface area contributed by atoms with E-state index in [0.717, 1.165) is 31.4 Å². The second-order valence-corrected chi connectivity index (χ2v) is 5.72. The quantitative estimate of drug-likeness (QED) is 0.806. The van der Waals surface area contributed by atoms with Gasteiger partial charge in [0, 0.05) is 5.41 Å². The summed E-state index contributed by atoms with van der Waals surface area (Å²) in [5, 5.41) is 10.2. The Labute approximate surface area is 103 Å². The summed E-state index contributed by atoms with van der Waals surface area (Å²) in [6.45, 7) is 2.25. The lowest BCUT2D eigenvalue weighted by molar-refractivity contribution is 0.0457. The van der Waals surface area contributed by atoms with Crippen LogP contribution in [0.2, 0.25) is 0 Å². The zero-order chi connectivity index (χ0) is 12.0. The van der Waals surface area contributed by atoms with Gasteiger partial charge in [-0.15, -0.1) is 0 Å². The molecule has 0 spiro atoms. The third-order valence-electron chi connectivity index (χ3n) is 4.94. The molecule has 92 valence electrons. The summed E-state index contributed by atoms with van der Waals surface area (Å²) in [5.41, 5.74) is 2.96. The fourth-order valence-electron chi connectivity index (χ4n) is 3.74. The van der Waals surface area contributed by atoms with Crippen molar-refractivity contribution in [1.29, 1.82) is 0 Å². The van der Waals surface area contributed by atoms with Crippen LogP contribution in [0.3, 0.4) is 0 Å². The highest BCUT2D eigenvalue weighted by Gasteiger charge is 2.48. The van der Waals surface area contributed by atoms with Gasteiger partial charge in [0.25, 0.3) is 0 Å². The molecule has 3 atom stereocenters. The first-order chi connectivity index (χ1) is 8.15. The molecule has 2 heteroatoms. The minimum Gasteiger partial charge on any atom is -0.497 e. The molecule has 0 heterocycles. The van der Waals surface area contributed by atoms with E-state index in [4.69, 9.17) is 4.74 Å². The van der Waals surface area contributed by atoms with Crippen molar-refractivity contribution < 1.29 is 9.84 Å². The van der Waals surface area contributed by atoms with Gasteiger partial charge in [-0.3, -0.25) is 0 Å². The zero-order valence-corrected chi connectivity index (χ0v) is 10.6. The van der Waals surface area contributed by atoms with Crippen molar-refractivity contribution in [2.24, 2.45) is 5.41 Å². The van der Waals surface area contributed by atoms with Crippen LogP contribution in [0, 0.1) is 5.41 Å². The van der Waals surface area contributed by atoms with Crippen LogP contribution in [0.25, 0.3) is 0 Å². The number of aliphatic hydroxyl groups excluding tert-OH is 1. The molecule has 1 aromatic carbocycles. The summed E-state index contributed by atoms with van der Waals surface area (Å²) < 4.78 is 5.29. The molecule has 1 N–H and O–H groups in total. The van der Waals surface area contributed by atoms with Crippen molar-refractivity contribution >= 4 is 0 Å². The standard InChI is InChI=1S/C15H20O2/c1-15-8-7-10-9-11(17-2)3-4-12(10)13(15)5-6-14(15)16/h3-4,9,13-14,16H,5-8H2,1-2H3/t13-,14-,15-/m1/s1. The Hall–Kier alpha value is -1.02. The molecule has 2 aliphatic carbocycles. The molecule has 17 heavy (non-hydrogen) atoms. The monoisotopic (exact) mass is 232 g/mol. The Kier molecular flexibility index (Phi) is 2.44. The Balaban J connectivity index is 2.04. The van der Waals surface area contributed by atoms with E-state index in [9.17, 15) is 5.11 Å². The van der Waals surface area contributed by atoms with E-state index in [1.54, 1.807) is 7.11 Å². The largest absolute Gasteiger partial charge is 0.497 e. The summed E-state index contributed by atoms with van der Waals surface area (Å²) in [6.07, 6.45) is 4.11. The lowest BCUT2D eigenvalue weighted by Gasteiger charge is -2.40. The lowest BCUT2D eigenvalue weighted by atomic mass is 9.66. The van der Waals surface area contributed by atoms with Gasteiger partial charge < -0.3 is 9.84 Å². The molecule has 0 amide bonds. The van der Waals surface area contributed by atoms with Gasteiger partial charge in [0.05, 0.1) is 13.2 Å². The van der Waals surface area contributed by atoms with Crippen LogP contribution in [0.15, 0.2) is 18.2 Å². The summed E-state index contributed by atoms with van der Waals surface area (Å²) in [6, 6.07) is 6.42. The molecule has 0 unspecified atom stereocenters. The number of aryl methyl sites for hydroxylation is 1. The fraction of sp³-hybridized carbons (Fsp3) is 0.600.